The second kappa shape index (κ2) is 8.05. The molecule has 28 heavy (non-hydrogen) atoms. The van der Waals surface area contributed by atoms with Crippen LogP contribution in [0.25, 0.3) is 0 Å². The van der Waals surface area contributed by atoms with Crippen molar-refractivity contribution < 1.29 is 9.59 Å². The molecule has 2 heterocycles. The average molecular weight is 371 g/mol. The molecular formula is C23H21N3O2. The fourth-order valence-electron chi connectivity index (χ4n) is 3.45. The van der Waals surface area contributed by atoms with Crippen LogP contribution in [0.3, 0.4) is 0 Å². The molecule has 1 aliphatic heterocycles. The highest BCUT2D eigenvalue weighted by atomic mass is 16.2. The van der Waals surface area contributed by atoms with Crippen molar-refractivity contribution in [3.8, 4) is 0 Å². The standard InChI is InChI=1S/C23H21N3O2/c27-22(25-13-10-17-6-2-1-3-7-17)20-16-19(11-14-24-20)23(28)26-15-12-18-8-4-5-9-21(18)26/h1-9,11,14,16H,10,12-13,15H2,(H,25,27). The number of pyridine rings is 1. The number of carbonyl (C=O) groups is 2. The number of aromatic nitrogens is 1. The number of anilines is 1. The summed E-state index contributed by atoms with van der Waals surface area (Å²) >= 11 is 0. The van der Waals surface area contributed by atoms with Crippen molar-refractivity contribution in [3.05, 3.63) is 95.3 Å². The fourth-order valence-corrected chi connectivity index (χ4v) is 3.45. The number of carbonyl (C=O) groups excluding carboxylic acids is 2. The summed E-state index contributed by atoms with van der Waals surface area (Å²) < 4.78 is 0. The molecule has 5 heteroatoms. The van der Waals surface area contributed by atoms with E-state index < -0.39 is 0 Å². The minimum Gasteiger partial charge on any atom is -0.350 e. The first-order valence-corrected chi connectivity index (χ1v) is 9.40. The number of hydrogen-bond acceptors (Lipinski definition) is 3. The smallest absolute Gasteiger partial charge is 0.269 e. The van der Waals surface area contributed by atoms with E-state index in [0.29, 0.717) is 18.7 Å². The van der Waals surface area contributed by atoms with Crippen LogP contribution in [0.4, 0.5) is 5.69 Å². The monoisotopic (exact) mass is 371 g/mol. The van der Waals surface area contributed by atoms with Crippen molar-refractivity contribution in [2.24, 2.45) is 0 Å². The van der Waals surface area contributed by atoms with Crippen LogP contribution in [-0.2, 0) is 12.8 Å². The third kappa shape index (κ3) is 3.78. The number of nitrogens with zero attached hydrogens (tertiary/aromatic N) is 2. The van der Waals surface area contributed by atoms with Crippen molar-refractivity contribution in [1.82, 2.24) is 10.3 Å². The number of nitrogens with one attached hydrogen (secondary N) is 1. The number of fused-ring (bicyclic) bond motifs is 1. The Hall–Kier alpha value is -3.47. The van der Waals surface area contributed by atoms with E-state index in [9.17, 15) is 9.59 Å². The second-order valence-corrected chi connectivity index (χ2v) is 6.76. The molecule has 0 bridgehead atoms. The van der Waals surface area contributed by atoms with E-state index >= 15 is 0 Å². The van der Waals surface area contributed by atoms with Crippen LogP contribution in [0.5, 0.6) is 0 Å². The normalized spacial score (nSPS) is 12.5. The zero-order valence-corrected chi connectivity index (χ0v) is 15.5. The molecule has 0 unspecified atom stereocenters. The van der Waals surface area contributed by atoms with Crippen molar-refractivity contribution in [2.45, 2.75) is 12.8 Å². The van der Waals surface area contributed by atoms with Gasteiger partial charge in [-0.2, -0.15) is 0 Å². The largest absolute Gasteiger partial charge is 0.350 e. The third-order valence-corrected chi connectivity index (χ3v) is 4.91. The van der Waals surface area contributed by atoms with E-state index in [0.717, 1.165) is 24.1 Å². The highest BCUT2D eigenvalue weighted by Crippen LogP contribution is 2.28. The molecule has 0 atom stereocenters. The number of rotatable bonds is 5. The summed E-state index contributed by atoms with van der Waals surface area (Å²) in [6, 6.07) is 21.1. The molecule has 2 aromatic carbocycles. The molecule has 1 aliphatic rings. The molecule has 0 saturated heterocycles. The van der Waals surface area contributed by atoms with Gasteiger partial charge >= 0.3 is 0 Å². The topological polar surface area (TPSA) is 62.3 Å². The lowest BCUT2D eigenvalue weighted by Crippen LogP contribution is -2.30. The Morgan fingerprint density at radius 1 is 1.00 bits per heavy atom. The van der Waals surface area contributed by atoms with E-state index in [-0.39, 0.29) is 17.5 Å². The number of amides is 2. The van der Waals surface area contributed by atoms with Gasteiger partial charge in [-0.25, -0.2) is 0 Å². The zero-order chi connectivity index (χ0) is 19.3. The van der Waals surface area contributed by atoms with Crippen molar-refractivity contribution >= 4 is 17.5 Å². The molecule has 0 aliphatic carbocycles. The second-order valence-electron chi connectivity index (χ2n) is 6.76. The summed E-state index contributed by atoms with van der Waals surface area (Å²) in [5, 5.41) is 2.87. The van der Waals surface area contributed by atoms with Gasteiger partial charge in [-0.1, -0.05) is 48.5 Å². The molecule has 4 rings (SSSR count). The average Bonchev–Trinajstić information content (AvgIpc) is 3.18. The van der Waals surface area contributed by atoms with Crippen LogP contribution in [0.2, 0.25) is 0 Å². The molecule has 0 fully saturated rings. The van der Waals surface area contributed by atoms with Gasteiger partial charge in [0.1, 0.15) is 5.69 Å². The number of para-hydroxylation sites is 1. The Balaban J connectivity index is 1.43. The van der Waals surface area contributed by atoms with Crippen molar-refractivity contribution in [1.29, 1.82) is 0 Å². The van der Waals surface area contributed by atoms with Gasteiger partial charge in [-0.05, 0) is 42.2 Å². The predicted octanol–water partition coefficient (Wildman–Crippen LogP) is 3.26. The van der Waals surface area contributed by atoms with Crippen LogP contribution in [0.15, 0.2) is 72.9 Å². The minimum atomic E-state index is -0.271. The van der Waals surface area contributed by atoms with E-state index in [4.69, 9.17) is 0 Å². The molecule has 3 aromatic rings. The first-order valence-electron chi connectivity index (χ1n) is 9.40. The maximum atomic E-state index is 12.9. The first-order chi connectivity index (χ1) is 13.7. The zero-order valence-electron chi connectivity index (χ0n) is 15.5. The highest BCUT2D eigenvalue weighted by molar-refractivity contribution is 6.08. The molecule has 5 nitrogen and oxygen atoms in total. The Labute approximate surface area is 164 Å². The van der Waals surface area contributed by atoms with E-state index in [1.807, 2.05) is 54.6 Å². The maximum absolute atomic E-state index is 12.9. The van der Waals surface area contributed by atoms with Crippen LogP contribution >= 0.6 is 0 Å². The van der Waals surface area contributed by atoms with Gasteiger partial charge in [0.2, 0.25) is 0 Å². The molecule has 0 spiro atoms. The summed E-state index contributed by atoms with van der Waals surface area (Å²) in [5.41, 5.74) is 4.00. The Morgan fingerprint density at radius 2 is 1.79 bits per heavy atom. The van der Waals surface area contributed by atoms with Gasteiger partial charge < -0.3 is 10.2 Å². The van der Waals surface area contributed by atoms with Gasteiger partial charge in [0.25, 0.3) is 11.8 Å². The summed E-state index contributed by atoms with van der Waals surface area (Å²) in [4.78, 5) is 31.3. The SMILES string of the molecule is O=C(NCCc1ccccc1)c1cc(C(=O)N2CCc3ccccc32)ccn1. The minimum absolute atomic E-state index is 0.106. The maximum Gasteiger partial charge on any atom is 0.269 e. The molecule has 1 N–H and O–H groups in total. The van der Waals surface area contributed by atoms with Gasteiger partial charge in [0.15, 0.2) is 0 Å². The number of hydrogen-bond donors (Lipinski definition) is 1. The first kappa shape index (κ1) is 17.9. The van der Waals surface area contributed by atoms with Crippen LogP contribution in [0, 0.1) is 0 Å². The third-order valence-electron chi connectivity index (χ3n) is 4.91. The lowest BCUT2D eigenvalue weighted by molar-refractivity contribution is 0.0949. The molecule has 2 amide bonds. The van der Waals surface area contributed by atoms with Crippen LogP contribution in [-0.4, -0.2) is 29.9 Å². The van der Waals surface area contributed by atoms with E-state index in [2.05, 4.69) is 10.3 Å². The van der Waals surface area contributed by atoms with Crippen LogP contribution < -0.4 is 10.2 Å². The molecule has 0 saturated carbocycles. The number of benzene rings is 2. The molecule has 1 aromatic heterocycles. The molecule has 0 radical (unpaired) electrons. The lowest BCUT2D eigenvalue weighted by atomic mass is 10.1. The lowest BCUT2D eigenvalue weighted by Gasteiger charge is -2.17. The van der Waals surface area contributed by atoms with Gasteiger partial charge in [0, 0.05) is 30.5 Å². The summed E-state index contributed by atoms with van der Waals surface area (Å²) in [6.07, 6.45) is 3.11. The quantitative estimate of drug-likeness (QED) is 0.749. The molecule has 140 valence electrons. The van der Waals surface area contributed by atoms with E-state index in [1.54, 1.807) is 17.0 Å². The summed E-state index contributed by atoms with van der Waals surface area (Å²) in [6.45, 7) is 1.17. The molecular weight excluding hydrogens is 350 g/mol. The van der Waals surface area contributed by atoms with Gasteiger partial charge in [-0.15, -0.1) is 0 Å². The Bertz CT molecular complexity index is 1000. The summed E-state index contributed by atoms with van der Waals surface area (Å²) in [5.74, 6) is -0.377. The summed E-state index contributed by atoms with van der Waals surface area (Å²) in [7, 11) is 0. The Morgan fingerprint density at radius 3 is 2.64 bits per heavy atom. The van der Waals surface area contributed by atoms with Gasteiger partial charge in [-0.3, -0.25) is 14.6 Å². The van der Waals surface area contributed by atoms with Gasteiger partial charge in [0.05, 0.1) is 0 Å². The van der Waals surface area contributed by atoms with Crippen LogP contribution in [0.1, 0.15) is 32.0 Å². The predicted molar refractivity (Wildman–Crippen MR) is 109 cm³/mol. The van der Waals surface area contributed by atoms with E-state index in [1.165, 1.54) is 11.8 Å². The van der Waals surface area contributed by atoms with Crippen molar-refractivity contribution in [2.75, 3.05) is 18.0 Å². The van der Waals surface area contributed by atoms with Crippen molar-refractivity contribution in [3.63, 3.8) is 0 Å². The Kier molecular flexibility index (Phi) is 5.15. The fraction of sp³-hybridized carbons (Fsp3) is 0.174. The highest BCUT2D eigenvalue weighted by Gasteiger charge is 2.25.